The molecule has 4 nitrogen and oxygen atoms in total. The van der Waals surface area contributed by atoms with E-state index in [1.807, 2.05) is 37.3 Å². The monoisotopic (exact) mass is 330 g/mol. The number of aromatic hydroxyl groups is 1. The highest BCUT2D eigenvalue weighted by Crippen LogP contribution is 2.27. The van der Waals surface area contributed by atoms with Gasteiger partial charge in [-0.2, -0.15) is 0 Å². The first-order valence-electron chi connectivity index (χ1n) is 8.11. The molecular weight excluding hydrogens is 304 g/mol. The Morgan fingerprint density at radius 2 is 1.83 bits per heavy atom. The first-order chi connectivity index (χ1) is 11.4. The molecule has 0 aromatic heterocycles. The number of phenols is 1. The maximum Gasteiger partial charge on any atom is 0.161 e. The minimum atomic E-state index is -0.341. The van der Waals surface area contributed by atoms with Crippen LogP contribution < -0.4 is 4.74 Å². The Kier molecular flexibility index (Phi) is 8.58. The van der Waals surface area contributed by atoms with E-state index in [9.17, 15) is 9.90 Å². The van der Waals surface area contributed by atoms with Crippen LogP contribution in [0.5, 0.6) is 11.5 Å². The van der Waals surface area contributed by atoms with Gasteiger partial charge in [0.2, 0.25) is 0 Å². The third-order valence-electron chi connectivity index (χ3n) is 3.37. The molecule has 0 saturated carbocycles. The number of hydrogen-bond acceptors (Lipinski definition) is 4. The van der Waals surface area contributed by atoms with E-state index >= 15 is 0 Å². The largest absolute Gasteiger partial charge is 0.504 e. The highest BCUT2D eigenvalue weighted by atomic mass is 16.5. The van der Waals surface area contributed by atoms with E-state index in [1.165, 1.54) is 0 Å². The molecule has 0 fully saturated rings. The fourth-order valence-electron chi connectivity index (χ4n) is 2.04. The average molecular weight is 330 g/mol. The molecule has 24 heavy (non-hydrogen) atoms. The van der Waals surface area contributed by atoms with Crippen molar-refractivity contribution < 1.29 is 19.7 Å². The summed E-state index contributed by atoms with van der Waals surface area (Å²) in [6, 6.07) is 14.8. The van der Waals surface area contributed by atoms with E-state index in [4.69, 9.17) is 9.84 Å². The summed E-state index contributed by atoms with van der Waals surface area (Å²) in [7, 11) is 0. The molecule has 0 aliphatic heterocycles. The van der Waals surface area contributed by atoms with E-state index < -0.39 is 0 Å². The SMILES string of the molecule is CC(O)c1ccccc1.CCOc1cc(CCC(C)=O)ccc1O. The quantitative estimate of drug-likeness (QED) is 0.838. The summed E-state index contributed by atoms with van der Waals surface area (Å²) in [5.74, 6) is 0.794. The average Bonchev–Trinajstić information content (AvgIpc) is 2.57. The van der Waals surface area contributed by atoms with E-state index in [1.54, 1.807) is 32.0 Å². The fourth-order valence-corrected chi connectivity index (χ4v) is 2.04. The highest BCUT2D eigenvalue weighted by molar-refractivity contribution is 5.75. The number of carbonyl (C=O) groups excluding carboxylic acids is 1. The van der Waals surface area contributed by atoms with Crippen molar-refractivity contribution in [1.29, 1.82) is 0 Å². The van der Waals surface area contributed by atoms with Crippen LogP contribution >= 0.6 is 0 Å². The topological polar surface area (TPSA) is 66.8 Å². The van der Waals surface area contributed by atoms with Crippen LogP contribution in [0.15, 0.2) is 48.5 Å². The van der Waals surface area contributed by atoms with Crippen molar-refractivity contribution in [2.24, 2.45) is 0 Å². The predicted molar refractivity (Wildman–Crippen MR) is 95.4 cm³/mol. The van der Waals surface area contributed by atoms with Crippen LogP contribution in [0.3, 0.4) is 0 Å². The van der Waals surface area contributed by atoms with E-state index in [0.29, 0.717) is 25.2 Å². The van der Waals surface area contributed by atoms with Crippen molar-refractivity contribution in [3.63, 3.8) is 0 Å². The Labute approximate surface area is 143 Å². The van der Waals surface area contributed by atoms with Gasteiger partial charge in [0.25, 0.3) is 0 Å². The van der Waals surface area contributed by atoms with Gasteiger partial charge in [0, 0.05) is 6.42 Å². The number of Topliss-reactive ketones (excluding diaryl/α,β-unsaturated/α-hetero) is 1. The minimum Gasteiger partial charge on any atom is -0.504 e. The number of carbonyl (C=O) groups is 1. The summed E-state index contributed by atoms with van der Waals surface area (Å²) in [5, 5.41) is 18.5. The molecule has 0 aliphatic carbocycles. The van der Waals surface area contributed by atoms with Gasteiger partial charge in [0.15, 0.2) is 11.5 Å². The summed E-state index contributed by atoms with van der Waals surface area (Å²) in [5.41, 5.74) is 1.98. The Bertz CT molecular complexity index is 621. The molecule has 0 amide bonds. The second-order valence-corrected chi connectivity index (χ2v) is 5.52. The summed E-state index contributed by atoms with van der Waals surface area (Å²) in [6.07, 6.45) is 0.873. The molecular formula is C20H26O4. The van der Waals surface area contributed by atoms with Gasteiger partial charge >= 0.3 is 0 Å². The number of aliphatic hydroxyl groups excluding tert-OH is 1. The smallest absolute Gasteiger partial charge is 0.161 e. The Morgan fingerprint density at radius 1 is 1.17 bits per heavy atom. The lowest BCUT2D eigenvalue weighted by Gasteiger charge is -2.07. The van der Waals surface area contributed by atoms with Gasteiger partial charge in [-0.3, -0.25) is 0 Å². The Morgan fingerprint density at radius 3 is 2.33 bits per heavy atom. The molecule has 1 atom stereocenters. The third kappa shape index (κ3) is 7.29. The van der Waals surface area contributed by atoms with Crippen molar-refractivity contribution in [1.82, 2.24) is 0 Å². The Balaban J connectivity index is 0.000000272. The van der Waals surface area contributed by atoms with Gasteiger partial charge in [-0.15, -0.1) is 0 Å². The van der Waals surface area contributed by atoms with Crippen LogP contribution in [0.1, 0.15) is 44.4 Å². The van der Waals surface area contributed by atoms with Crippen molar-refractivity contribution in [2.75, 3.05) is 6.61 Å². The molecule has 4 heteroatoms. The molecule has 0 radical (unpaired) electrons. The van der Waals surface area contributed by atoms with Crippen LogP contribution in [0.2, 0.25) is 0 Å². The van der Waals surface area contributed by atoms with Crippen LogP contribution in [0, 0.1) is 0 Å². The minimum absolute atomic E-state index is 0.142. The van der Waals surface area contributed by atoms with Gasteiger partial charge in [0.1, 0.15) is 5.78 Å². The standard InChI is InChI=1S/C12H16O3.C8H10O/c1-3-15-12-8-10(5-4-9(2)13)6-7-11(12)14;1-7(9)8-5-3-2-4-6-8/h6-8,14H,3-5H2,1-2H3;2-7,9H,1H3. The molecule has 130 valence electrons. The molecule has 2 rings (SSSR count). The summed E-state index contributed by atoms with van der Waals surface area (Å²) < 4.78 is 5.25. The van der Waals surface area contributed by atoms with Gasteiger partial charge < -0.3 is 19.7 Å². The van der Waals surface area contributed by atoms with Crippen molar-refractivity contribution in [2.45, 2.75) is 39.7 Å². The molecule has 2 N–H and O–H groups in total. The number of rotatable bonds is 6. The van der Waals surface area contributed by atoms with Crippen LogP contribution in [-0.4, -0.2) is 22.6 Å². The van der Waals surface area contributed by atoms with Gasteiger partial charge in [-0.25, -0.2) is 0 Å². The molecule has 2 aromatic carbocycles. The van der Waals surface area contributed by atoms with Crippen molar-refractivity contribution in [3.8, 4) is 11.5 Å². The molecule has 0 bridgehead atoms. The summed E-state index contributed by atoms with van der Waals surface area (Å²) in [4.78, 5) is 10.8. The maximum absolute atomic E-state index is 10.8. The Hall–Kier alpha value is -2.33. The molecule has 0 spiro atoms. The number of ketones is 1. The summed E-state index contributed by atoms with van der Waals surface area (Å²) in [6.45, 7) is 5.71. The van der Waals surface area contributed by atoms with Crippen molar-refractivity contribution in [3.05, 3.63) is 59.7 Å². The zero-order valence-electron chi connectivity index (χ0n) is 14.5. The number of ether oxygens (including phenoxy) is 1. The number of phenolic OH excluding ortho intramolecular Hbond substituents is 1. The number of benzene rings is 2. The van der Waals surface area contributed by atoms with E-state index in [-0.39, 0.29) is 17.6 Å². The zero-order valence-corrected chi connectivity index (χ0v) is 14.5. The fraction of sp³-hybridized carbons (Fsp3) is 0.350. The summed E-state index contributed by atoms with van der Waals surface area (Å²) >= 11 is 0. The van der Waals surface area contributed by atoms with E-state index in [0.717, 1.165) is 11.1 Å². The molecule has 2 aromatic rings. The first kappa shape index (κ1) is 19.7. The highest BCUT2D eigenvalue weighted by Gasteiger charge is 2.04. The zero-order chi connectivity index (χ0) is 17.9. The van der Waals surface area contributed by atoms with Crippen LogP contribution in [-0.2, 0) is 11.2 Å². The maximum atomic E-state index is 10.8. The van der Waals surface area contributed by atoms with Crippen LogP contribution in [0.25, 0.3) is 0 Å². The normalized spacial score (nSPS) is 11.2. The second kappa shape index (κ2) is 10.4. The van der Waals surface area contributed by atoms with Gasteiger partial charge in [0.05, 0.1) is 12.7 Å². The number of hydrogen-bond donors (Lipinski definition) is 2. The lowest BCUT2D eigenvalue weighted by atomic mass is 10.1. The number of aliphatic hydroxyl groups is 1. The lowest BCUT2D eigenvalue weighted by Crippen LogP contribution is -1.96. The van der Waals surface area contributed by atoms with Crippen LogP contribution in [0.4, 0.5) is 0 Å². The van der Waals surface area contributed by atoms with Gasteiger partial charge in [-0.1, -0.05) is 36.4 Å². The second-order valence-electron chi connectivity index (χ2n) is 5.52. The molecule has 1 unspecified atom stereocenters. The van der Waals surface area contributed by atoms with Gasteiger partial charge in [-0.05, 0) is 50.5 Å². The molecule has 0 aliphatic rings. The first-order valence-corrected chi connectivity index (χ1v) is 8.11. The lowest BCUT2D eigenvalue weighted by molar-refractivity contribution is -0.116. The number of aryl methyl sites for hydroxylation is 1. The van der Waals surface area contributed by atoms with Crippen molar-refractivity contribution >= 4 is 5.78 Å². The molecule has 0 saturated heterocycles. The predicted octanol–water partition coefficient (Wildman–Crippen LogP) is 4.05. The third-order valence-corrected chi connectivity index (χ3v) is 3.37. The van der Waals surface area contributed by atoms with E-state index in [2.05, 4.69) is 0 Å². The molecule has 0 heterocycles.